The normalized spacial score (nSPS) is 15.6. The van der Waals surface area contributed by atoms with Crippen LogP contribution in [0.3, 0.4) is 0 Å². The summed E-state index contributed by atoms with van der Waals surface area (Å²) in [6.45, 7) is 2.66. The first-order valence-electron chi connectivity index (χ1n) is 10.1. The predicted octanol–water partition coefficient (Wildman–Crippen LogP) is 3.69. The summed E-state index contributed by atoms with van der Waals surface area (Å²) in [4.78, 5) is 12.7. The third kappa shape index (κ3) is 5.36. The van der Waals surface area contributed by atoms with Gasteiger partial charge in [0.25, 0.3) is 0 Å². The molecule has 9 heteroatoms. The van der Waals surface area contributed by atoms with Crippen LogP contribution < -0.4 is 5.32 Å². The Bertz CT molecular complexity index is 1140. The molecular weight excluding hydrogens is 432 g/mol. The van der Waals surface area contributed by atoms with Crippen molar-refractivity contribution in [3.63, 3.8) is 0 Å². The van der Waals surface area contributed by atoms with Crippen molar-refractivity contribution in [3.05, 3.63) is 65.7 Å². The molecule has 0 atom stereocenters. The largest absolute Gasteiger partial charge is 0.300 e. The summed E-state index contributed by atoms with van der Waals surface area (Å²) in [5, 5.41) is 12.2. The first-order valence-corrected chi connectivity index (χ1v) is 12.6. The van der Waals surface area contributed by atoms with E-state index in [0.717, 1.165) is 21.7 Å². The van der Waals surface area contributed by atoms with Crippen molar-refractivity contribution in [3.8, 4) is 10.6 Å². The van der Waals surface area contributed by atoms with Crippen LogP contribution in [0.2, 0.25) is 0 Å². The zero-order valence-corrected chi connectivity index (χ0v) is 18.8. The number of carbonyl (C=O) groups is 1. The first kappa shape index (κ1) is 21.6. The molecule has 1 amide bonds. The molecule has 7 nitrogen and oxygen atoms in total. The summed E-state index contributed by atoms with van der Waals surface area (Å²) in [6.07, 6.45) is 0.979. The van der Waals surface area contributed by atoms with Crippen molar-refractivity contribution in [1.82, 2.24) is 14.5 Å². The zero-order chi connectivity index (χ0) is 21.8. The van der Waals surface area contributed by atoms with Gasteiger partial charge in [-0.2, -0.15) is 0 Å². The van der Waals surface area contributed by atoms with Gasteiger partial charge in [-0.15, -0.1) is 10.2 Å². The number of hydrogen-bond donors (Lipinski definition) is 1. The Labute approximate surface area is 186 Å². The molecular formula is C22H24N4O3S2. The van der Waals surface area contributed by atoms with Gasteiger partial charge in [0.1, 0.15) is 5.01 Å². The average Bonchev–Trinajstić information content (AvgIpc) is 3.24. The lowest BCUT2D eigenvalue weighted by atomic mass is 9.97. The van der Waals surface area contributed by atoms with E-state index in [9.17, 15) is 13.2 Å². The molecule has 31 heavy (non-hydrogen) atoms. The Morgan fingerprint density at radius 1 is 1.06 bits per heavy atom. The molecule has 2 heterocycles. The molecule has 162 valence electrons. The molecule has 0 saturated carbocycles. The lowest BCUT2D eigenvalue weighted by Crippen LogP contribution is -2.41. The minimum atomic E-state index is -3.40. The summed E-state index contributed by atoms with van der Waals surface area (Å²) in [5.41, 5.74) is 2.82. The van der Waals surface area contributed by atoms with Gasteiger partial charge in [0.2, 0.25) is 21.1 Å². The molecule has 1 fully saturated rings. The van der Waals surface area contributed by atoms with Crippen LogP contribution in [-0.4, -0.2) is 41.9 Å². The van der Waals surface area contributed by atoms with Crippen molar-refractivity contribution in [1.29, 1.82) is 0 Å². The van der Waals surface area contributed by atoms with E-state index >= 15 is 0 Å². The Balaban J connectivity index is 1.31. The smallest absolute Gasteiger partial charge is 0.229 e. The van der Waals surface area contributed by atoms with Crippen LogP contribution in [0.1, 0.15) is 24.0 Å². The van der Waals surface area contributed by atoms with Crippen molar-refractivity contribution >= 4 is 32.4 Å². The topological polar surface area (TPSA) is 92.3 Å². The van der Waals surface area contributed by atoms with E-state index in [2.05, 4.69) is 15.5 Å². The minimum absolute atomic E-state index is 0.0167. The van der Waals surface area contributed by atoms with Crippen LogP contribution in [0, 0.1) is 12.8 Å². The van der Waals surface area contributed by atoms with Crippen molar-refractivity contribution < 1.29 is 13.2 Å². The van der Waals surface area contributed by atoms with Crippen LogP contribution in [0.5, 0.6) is 0 Å². The Kier molecular flexibility index (Phi) is 6.45. The highest BCUT2D eigenvalue weighted by atomic mass is 32.2. The number of piperidine rings is 1. The number of carbonyl (C=O) groups excluding carboxylic acids is 1. The van der Waals surface area contributed by atoms with Gasteiger partial charge in [0, 0.05) is 24.6 Å². The molecule has 2 aromatic carbocycles. The van der Waals surface area contributed by atoms with Gasteiger partial charge in [0.15, 0.2) is 0 Å². The maximum atomic E-state index is 12.8. The number of anilines is 1. The summed E-state index contributed by atoms with van der Waals surface area (Å²) in [6, 6.07) is 17.2. The molecule has 1 saturated heterocycles. The summed E-state index contributed by atoms with van der Waals surface area (Å²) < 4.78 is 27.0. The fraction of sp³-hybridized carbons (Fsp3) is 0.318. The molecule has 3 aromatic rings. The molecule has 1 aromatic heterocycles. The van der Waals surface area contributed by atoms with Gasteiger partial charge in [-0.25, -0.2) is 12.7 Å². The van der Waals surface area contributed by atoms with Crippen LogP contribution >= 0.6 is 11.3 Å². The molecule has 0 aliphatic carbocycles. The Morgan fingerprint density at radius 2 is 1.74 bits per heavy atom. The van der Waals surface area contributed by atoms with E-state index in [4.69, 9.17) is 0 Å². The van der Waals surface area contributed by atoms with Gasteiger partial charge in [-0.05, 0) is 25.3 Å². The van der Waals surface area contributed by atoms with Gasteiger partial charge in [-0.1, -0.05) is 71.5 Å². The van der Waals surface area contributed by atoms with E-state index in [1.807, 2.05) is 61.5 Å². The highest BCUT2D eigenvalue weighted by Crippen LogP contribution is 2.28. The predicted molar refractivity (Wildman–Crippen MR) is 122 cm³/mol. The van der Waals surface area contributed by atoms with E-state index in [1.165, 1.54) is 15.6 Å². The molecule has 0 radical (unpaired) electrons. The highest BCUT2D eigenvalue weighted by Gasteiger charge is 2.31. The monoisotopic (exact) mass is 456 g/mol. The number of benzene rings is 2. The lowest BCUT2D eigenvalue weighted by molar-refractivity contribution is -0.120. The molecule has 1 N–H and O–H groups in total. The molecule has 4 rings (SSSR count). The molecule has 1 aliphatic heterocycles. The third-order valence-corrected chi connectivity index (χ3v) is 8.10. The minimum Gasteiger partial charge on any atom is -0.300 e. The van der Waals surface area contributed by atoms with E-state index in [0.29, 0.717) is 31.1 Å². The fourth-order valence-corrected chi connectivity index (χ4v) is 5.88. The summed E-state index contributed by atoms with van der Waals surface area (Å²) in [7, 11) is -3.40. The fourth-order valence-electron chi connectivity index (χ4n) is 3.56. The third-order valence-electron chi connectivity index (χ3n) is 5.36. The molecule has 0 spiro atoms. The number of aryl methyl sites for hydroxylation is 1. The number of nitrogens with zero attached hydrogens (tertiary/aromatic N) is 3. The van der Waals surface area contributed by atoms with Gasteiger partial charge in [-0.3, -0.25) is 4.79 Å². The first-order chi connectivity index (χ1) is 14.9. The average molecular weight is 457 g/mol. The number of nitrogens with one attached hydrogen (secondary N) is 1. The van der Waals surface area contributed by atoms with E-state index in [-0.39, 0.29) is 17.6 Å². The molecule has 1 aliphatic rings. The van der Waals surface area contributed by atoms with Crippen LogP contribution in [-0.2, 0) is 20.6 Å². The summed E-state index contributed by atoms with van der Waals surface area (Å²) >= 11 is 1.32. The van der Waals surface area contributed by atoms with Crippen LogP contribution in [0.25, 0.3) is 10.6 Å². The van der Waals surface area contributed by atoms with Crippen molar-refractivity contribution in [2.75, 3.05) is 18.4 Å². The van der Waals surface area contributed by atoms with Gasteiger partial charge >= 0.3 is 0 Å². The van der Waals surface area contributed by atoms with Crippen molar-refractivity contribution in [2.45, 2.75) is 25.5 Å². The SMILES string of the molecule is Cc1ccc(CS(=O)(=O)N2CCC(C(=O)Nc3nnc(-c4ccccc4)s3)CC2)cc1. The number of amides is 1. The van der Waals surface area contributed by atoms with E-state index < -0.39 is 10.0 Å². The standard InChI is InChI=1S/C22H24N4O3S2/c1-16-7-9-17(10-8-16)15-31(28,29)26-13-11-18(12-14-26)20(27)23-22-25-24-21(30-22)19-5-3-2-4-6-19/h2-10,18H,11-15H2,1H3,(H,23,25,27). The second-order valence-electron chi connectivity index (χ2n) is 7.68. The van der Waals surface area contributed by atoms with Gasteiger partial charge < -0.3 is 5.32 Å². The second-order valence-corrected chi connectivity index (χ2v) is 10.6. The molecule has 0 unspecified atom stereocenters. The van der Waals surface area contributed by atoms with Crippen LogP contribution in [0.15, 0.2) is 54.6 Å². The van der Waals surface area contributed by atoms with Gasteiger partial charge in [0.05, 0.1) is 5.75 Å². The Morgan fingerprint density at radius 3 is 2.42 bits per heavy atom. The maximum Gasteiger partial charge on any atom is 0.229 e. The van der Waals surface area contributed by atoms with E-state index in [1.54, 1.807) is 0 Å². The number of hydrogen-bond acceptors (Lipinski definition) is 6. The molecule has 0 bridgehead atoms. The van der Waals surface area contributed by atoms with Crippen LogP contribution in [0.4, 0.5) is 5.13 Å². The highest BCUT2D eigenvalue weighted by molar-refractivity contribution is 7.88. The Hall–Kier alpha value is -2.62. The zero-order valence-electron chi connectivity index (χ0n) is 17.2. The number of aromatic nitrogens is 2. The number of rotatable bonds is 6. The van der Waals surface area contributed by atoms with Crippen molar-refractivity contribution in [2.24, 2.45) is 5.92 Å². The quantitative estimate of drug-likeness (QED) is 0.611. The number of sulfonamides is 1. The summed E-state index contributed by atoms with van der Waals surface area (Å²) in [5.74, 6) is -0.391. The second kappa shape index (κ2) is 9.25. The lowest BCUT2D eigenvalue weighted by Gasteiger charge is -2.30. The maximum absolute atomic E-state index is 12.8.